The first kappa shape index (κ1) is 18.1. The van der Waals surface area contributed by atoms with E-state index in [-0.39, 0.29) is 23.5 Å². The zero-order valence-electron chi connectivity index (χ0n) is 14.4. The lowest BCUT2D eigenvalue weighted by atomic mass is 10.2. The molecule has 1 fully saturated rings. The van der Waals surface area contributed by atoms with Gasteiger partial charge in [0.15, 0.2) is 15.7 Å². The number of nitrogens with one attached hydrogen (secondary N) is 1. The van der Waals surface area contributed by atoms with E-state index in [0.717, 1.165) is 0 Å². The van der Waals surface area contributed by atoms with Gasteiger partial charge in [-0.25, -0.2) is 13.2 Å². The molecule has 0 radical (unpaired) electrons. The van der Waals surface area contributed by atoms with E-state index in [2.05, 4.69) is 20.5 Å². The van der Waals surface area contributed by atoms with Crippen LogP contribution >= 0.6 is 0 Å². The fourth-order valence-electron chi connectivity index (χ4n) is 2.76. The first-order valence-corrected chi connectivity index (χ1v) is 9.78. The normalized spacial score (nSPS) is 18.3. The number of aromatic nitrogens is 3. The molecule has 0 amide bonds. The minimum absolute atomic E-state index is 0.109. The molecule has 1 aromatic carbocycles. The van der Waals surface area contributed by atoms with Crippen molar-refractivity contribution in [1.82, 2.24) is 15.2 Å². The number of esters is 1. The molecule has 1 aliphatic heterocycles. The molecule has 2 heterocycles. The highest BCUT2D eigenvalue weighted by Crippen LogP contribution is 2.22. The molecule has 1 saturated heterocycles. The molecule has 0 saturated carbocycles. The summed E-state index contributed by atoms with van der Waals surface area (Å²) >= 11 is 0. The molecule has 3 rings (SSSR count). The molecule has 26 heavy (non-hydrogen) atoms. The zero-order valence-corrected chi connectivity index (χ0v) is 15.2. The topological polar surface area (TPSA) is 114 Å². The summed E-state index contributed by atoms with van der Waals surface area (Å²) < 4.78 is 28.0. The van der Waals surface area contributed by atoms with E-state index in [9.17, 15) is 13.2 Å². The van der Waals surface area contributed by atoms with Gasteiger partial charge in [-0.05, 0) is 24.6 Å². The molecule has 1 aliphatic rings. The number of nitrogens with zero attached hydrogens (tertiary/aromatic N) is 4. The van der Waals surface area contributed by atoms with Crippen LogP contribution in [0.3, 0.4) is 0 Å². The summed E-state index contributed by atoms with van der Waals surface area (Å²) in [5.74, 6) is 0.623. The number of sulfone groups is 1. The van der Waals surface area contributed by atoms with Crippen LogP contribution in [0.25, 0.3) is 0 Å². The van der Waals surface area contributed by atoms with Crippen LogP contribution in [0, 0.1) is 0 Å². The molecule has 0 bridgehead atoms. The van der Waals surface area contributed by atoms with Gasteiger partial charge < -0.3 is 15.0 Å². The number of methoxy groups -OCH3 is 1. The van der Waals surface area contributed by atoms with E-state index < -0.39 is 15.8 Å². The molecule has 1 atom stereocenters. The van der Waals surface area contributed by atoms with Crippen molar-refractivity contribution >= 4 is 33.3 Å². The van der Waals surface area contributed by atoms with Gasteiger partial charge in [-0.3, -0.25) is 0 Å². The van der Waals surface area contributed by atoms with Crippen molar-refractivity contribution in [1.29, 1.82) is 0 Å². The molecule has 1 N–H and O–H groups in total. The quantitative estimate of drug-likeness (QED) is 0.763. The lowest BCUT2D eigenvalue weighted by molar-refractivity contribution is 0.0601. The summed E-state index contributed by atoms with van der Waals surface area (Å²) in [4.78, 5) is 17.8. The zero-order chi connectivity index (χ0) is 18.7. The average molecular weight is 377 g/mol. The number of rotatable bonds is 5. The second-order valence-electron chi connectivity index (χ2n) is 6.00. The van der Waals surface area contributed by atoms with Crippen LogP contribution < -0.4 is 10.2 Å². The maximum absolute atomic E-state index is 11.7. The van der Waals surface area contributed by atoms with Crippen LogP contribution in [0.2, 0.25) is 0 Å². The fraction of sp³-hybridized carbons (Fsp3) is 0.375. The Morgan fingerprint density at radius 3 is 2.88 bits per heavy atom. The Morgan fingerprint density at radius 2 is 2.19 bits per heavy atom. The number of carbonyl (C=O) groups excluding carboxylic acids is 1. The highest BCUT2D eigenvalue weighted by molar-refractivity contribution is 7.91. The van der Waals surface area contributed by atoms with Crippen LogP contribution in [-0.2, 0) is 14.6 Å². The van der Waals surface area contributed by atoms with Crippen molar-refractivity contribution < 1.29 is 17.9 Å². The van der Waals surface area contributed by atoms with Crippen LogP contribution in [0.5, 0.6) is 0 Å². The standard InChI is InChI=1S/C16H19N5O4S/c1-21(13-6-7-26(23,24)10-13)14-9-17-20-16(19-14)18-12-5-3-4-11(8-12)15(22)25-2/h3-5,8-9,13H,6-7,10H2,1-2H3,(H,18,19,20). The van der Waals surface area contributed by atoms with Crippen LogP contribution in [-0.4, -0.2) is 61.3 Å². The molecule has 0 spiro atoms. The van der Waals surface area contributed by atoms with Gasteiger partial charge >= 0.3 is 5.97 Å². The minimum Gasteiger partial charge on any atom is -0.465 e. The van der Waals surface area contributed by atoms with Crippen LogP contribution in [0.15, 0.2) is 30.5 Å². The Kier molecular flexibility index (Phi) is 5.03. The number of hydrogen-bond donors (Lipinski definition) is 1. The van der Waals surface area contributed by atoms with Crippen molar-refractivity contribution in [2.75, 3.05) is 35.9 Å². The monoisotopic (exact) mass is 377 g/mol. The highest BCUT2D eigenvalue weighted by Gasteiger charge is 2.31. The predicted octanol–water partition coefficient (Wildman–Crippen LogP) is 1.03. The average Bonchev–Trinajstić information content (AvgIpc) is 3.00. The Morgan fingerprint density at radius 1 is 1.38 bits per heavy atom. The number of ether oxygens (including phenoxy) is 1. The molecule has 0 aliphatic carbocycles. The minimum atomic E-state index is -2.99. The molecule has 1 aromatic heterocycles. The van der Waals surface area contributed by atoms with Crippen molar-refractivity contribution in [2.24, 2.45) is 0 Å². The molecule has 9 nitrogen and oxygen atoms in total. The van der Waals surface area contributed by atoms with Crippen LogP contribution in [0.4, 0.5) is 17.5 Å². The highest BCUT2D eigenvalue weighted by atomic mass is 32.2. The third kappa shape index (κ3) is 4.07. The largest absolute Gasteiger partial charge is 0.465 e. The Bertz CT molecular complexity index is 918. The maximum Gasteiger partial charge on any atom is 0.337 e. The molecule has 10 heteroatoms. The second-order valence-corrected chi connectivity index (χ2v) is 8.23. The van der Waals surface area contributed by atoms with Crippen LogP contribution in [0.1, 0.15) is 16.8 Å². The van der Waals surface area contributed by atoms with E-state index in [1.165, 1.54) is 13.3 Å². The lowest BCUT2D eigenvalue weighted by Gasteiger charge is -2.24. The number of carbonyl (C=O) groups is 1. The molecular formula is C16H19N5O4S. The van der Waals surface area contributed by atoms with Gasteiger partial charge in [-0.1, -0.05) is 6.07 Å². The third-order valence-electron chi connectivity index (χ3n) is 4.20. The second kappa shape index (κ2) is 7.24. The summed E-state index contributed by atoms with van der Waals surface area (Å²) in [7, 11) is 0.119. The van der Waals surface area contributed by atoms with Crippen molar-refractivity contribution in [3.05, 3.63) is 36.0 Å². The number of anilines is 3. The first-order valence-electron chi connectivity index (χ1n) is 7.96. The summed E-state index contributed by atoms with van der Waals surface area (Å²) in [6.45, 7) is 0. The van der Waals surface area contributed by atoms with Gasteiger partial charge in [0.25, 0.3) is 0 Å². The van der Waals surface area contributed by atoms with Crippen molar-refractivity contribution in [3.8, 4) is 0 Å². The van der Waals surface area contributed by atoms with E-state index in [0.29, 0.717) is 23.5 Å². The maximum atomic E-state index is 11.7. The van der Waals surface area contributed by atoms with Gasteiger partial charge in [0.2, 0.25) is 5.95 Å². The summed E-state index contributed by atoms with van der Waals surface area (Å²) in [6.07, 6.45) is 2.05. The SMILES string of the molecule is COC(=O)c1cccc(Nc2nncc(N(C)C3CCS(=O)(=O)C3)n2)c1. The number of benzene rings is 1. The van der Waals surface area contributed by atoms with Gasteiger partial charge in [-0.15, -0.1) is 5.10 Å². The summed E-state index contributed by atoms with van der Waals surface area (Å²) in [6, 6.07) is 6.60. The van der Waals surface area contributed by atoms with Gasteiger partial charge in [0.05, 0.1) is 30.4 Å². The van der Waals surface area contributed by atoms with E-state index in [1.54, 1.807) is 36.2 Å². The molecule has 1 unspecified atom stereocenters. The van der Waals surface area contributed by atoms with Gasteiger partial charge in [0.1, 0.15) is 0 Å². The van der Waals surface area contributed by atoms with Crippen molar-refractivity contribution in [3.63, 3.8) is 0 Å². The Balaban J connectivity index is 1.77. The fourth-order valence-corrected chi connectivity index (χ4v) is 4.53. The first-order chi connectivity index (χ1) is 12.4. The summed E-state index contributed by atoms with van der Waals surface area (Å²) in [5, 5.41) is 10.8. The predicted molar refractivity (Wildman–Crippen MR) is 96.4 cm³/mol. The van der Waals surface area contributed by atoms with Crippen molar-refractivity contribution in [2.45, 2.75) is 12.5 Å². The van der Waals surface area contributed by atoms with E-state index >= 15 is 0 Å². The molecule has 138 valence electrons. The van der Waals surface area contributed by atoms with E-state index in [1.807, 2.05) is 0 Å². The van der Waals surface area contributed by atoms with E-state index in [4.69, 9.17) is 4.74 Å². The van der Waals surface area contributed by atoms with Gasteiger partial charge in [0, 0.05) is 18.8 Å². The summed E-state index contributed by atoms with van der Waals surface area (Å²) in [5.41, 5.74) is 1.01. The molecular weight excluding hydrogens is 358 g/mol. The molecule has 2 aromatic rings. The Hall–Kier alpha value is -2.75. The smallest absolute Gasteiger partial charge is 0.337 e. The Labute approximate surface area is 151 Å². The third-order valence-corrected chi connectivity index (χ3v) is 5.95. The van der Waals surface area contributed by atoms with Gasteiger partial charge in [-0.2, -0.15) is 10.1 Å². The number of hydrogen-bond acceptors (Lipinski definition) is 9. The lowest BCUT2D eigenvalue weighted by Crippen LogP contribution is -2.33.